The van der Waals surface area contributed by atoms with Crippen molar-refractivity contribution < 1.29 is 24.5 Å². The highest BCUT2D eigenvalue weighted by Gasteiger charge is 2.17. The van der Waals surface area contributed by atoms with Crippen LogP contribution in [0.3, 0.4) is 0 Å². The minimum atomic E-state index is -1.28. The zero-order valence-corrected chi connectivity index (χ0v) is 6.61. The normalized spacial score (nSPS) is 12.2. The van der Waals surface area contributed by atoms with Crippen LogP contribution in [0.2, 0.25) is 0 Å². The number of aliphatic hydroxyl groups excluding tert-OH is 1. The number of carbonyl (C=O) groups excluding carboxylic acids is 1. The van der Waals surface area contributed by atoms with Crippen molar-refractivity contribution in [2.45, 2.75) is 6.04 Å². The maximum atomic E-state index is 10.7. The van der Waals surface area contributed by atoms with Gasteiger partial charge in [-0.1, -0.05) is 0 Å². The van der Waals surface area contributed by atoms with Crippen LogP contribution in [0.4, 0.5) is 0 Å². The summed E-state index contributed by atoms with van der Waals surface area (Å²) in [5.74, 6) is -1.85. The quantitative estimate of drug-likeness (QED) is 0.460. The molecule has 0 aliphatic heterocycles. The number of amides is 1. The van der Waals surface area contributed by atoms with Crippen molar-refractivity contribution in [3.63, 3.8) is 0 Å². The van der Waals surface area contributed by atoms with E-state index in [-0.39, 0.29) is 6.61 Å². The molecule has 0 heterocycles. The van der Waals surface area contributed by atoms with E-state index in [1.807, 2.05) is 0 Å². The van der Waals surface area contributed by atoms with E-state index in [2.05, 4.69) is 10.1 Å². The Morgan fingerprint density at radius 3 is 2.50 bits per heavy atom. The molecule has 1 atom stereocenters. The molecule has 0 aromatic carbocycles. The lowest BCUT2D eigenvalue weighted by Crippen LogP contribution is -2.44. The van der Waals surface area contributed by atoms with Gasteiger partial charge in [-0.15, -0.1) is 0 Å². The Kier molecular flexibility index (Phi) is 4.98. The number of rotatable bonds is 5. The van der Waals surface area contributed by atoms with Gasteiger partial charge in [0.15, 0.2) is 0 Å². The molecule has 0 aliphatic rings. The minimum Gasteiger partial charge on any atom is -0.480 e. The Labute approximate surface area is 69.1 Å². The highest BCUT2D eigenvalue weighted by atomic mass is 16.5. The number of ether oxygens (including phenoxy) is 1. The van der Waals surface area contributed by atoms with Gasteiger partial charge in [0, 0.05) is 7.11 Å². The van der Waals surface area contributed by atoms with Gasteiger partial charge in [0.1, 0.15) is 12.6 Å². The number of aliphatic carboxylic acids is 1. The Balaban J connectivity index is 3.85. The van der Waals surface area contributed by atoms with Crippen LogP contribution >= 0.6 is 0 Å². The van der Waals surface area contributed by atoms with Crippen LogP contribution in [-0.4, -0.2) is 48.5 Å². The number of aliphatic hydroxyl groups is 1. The topological polar surface area (TPSA) is 95.9 Å². The third-order valence-corrected chi connectivity index (χ3v) is 1.09. The van der Waals surface area contributed by atoms with E-state index in [0.717, 1.165) is 0 Å². The summed E-state index contributed by atoms with van der Waals surface area (Å²) in [6.45, 7) is -0.853. The Hall–Kier alpha value is -1.14. The van der Waals surface area contributed by atoms with Crippen molar-refractivity contribution in [3.8, 4) is 0 Å². The van der Waals surface area contributed by atoms with E-state index >= 15 is 0 Å². The largest absolute Gasteiger partial charge is 0.480 e. The van der Waals surface area contributed by atoms with Crippen LogP contribution in [0, 0.1) is 0 Å². The van der Waals surface area contributed by atoms with Crippen molar-refractivity contribution in [3.05, 3.63) is 0 Å². The fourth-order valence-electron chi connectivity index (χ4n) is 0.553. The molecule has 0 fully saturated rings. The second kappa shape index (κ2) is 5.50. The average Bonchev–Trinajstić information content (AvgIpc) is 2.00. The summed E-state index contributed by atoms with van der Waals surface area (Å²) in [5.41, 5.74) is 0. The summed E-state index contributed by atoms with van der Waals surface area (Å²) in [7, 11) is 1.31. The molecular formula is C6H11NO5. The molecule has 0 aromatic heterocycles. The Morgan fingerprint density at radius 1 is 1.58 bits per heavy atom. The first-order valence-corrected chi connectivity index (χ1v) is 3.23. The fraction of sp³-hybridized carbons (Fsp3) is 0.667. The molecule has 0 aliphatic carbocycles. The molecule has 6 heteroatoms. The molecule has 0 saturated carbocycles. The second-order valence-corrected chi connectivity index (χ2v) is 2.07. The number of carboxylic acid groups (broad SMARTS) is 1. The lowest BCUT2D eigenvalue weighted by Gasteiger charge is -2.10. The fourth-order valence-corrected chi connectivity index (χ4v) is 0.553. The molecule has 0 saturated heterocycles. The van der Waals surface area contributed by atoms with E-state index in [0.29, 0.717) is 0 Å². The van der Waals surface area contributed by atoms with E-state index in [1.54, 1.807) is 0 Å². The van der Waals surface area contributed by atoms with Crippen molar-refractivity contribution >= 4 is 11.9 Å². The van der Waals surface area contributed by atoms with Gasteiger partial charge >= 0.3 is 5.97 Å². The van der Waals surface area contributed by atoms with Gasteiger partial charge in [0.05, 0.1) is 6.61 Å². The lowest BCUT2D eigenvalue weighted by atomic mass is 10.3. The zero-order chi connectivity index (χ0) is 9.56. The van der Waals surface area contributed by atoms with E-state index < -0.39 is 24.5 Å². The summed E-state index contributed by atoms with van der Waals surface area (Å²) >= 11 is 0. The van der Waals surface area contributed by atoms with Gasteiger partial charge in [0.25, 0.3) is 0 Å². The molecule has 0 unspecified atom stereocenters. The van der Waals surface area contributed by atoms with Crippen molar-refractivity contribution in [2.24, 2.45) is 0 Å². The van der Waals surface area contributed by atoms with Crippen LogP contribution in [-0.2, 0) is 14.3 Å². The first-order valence-electron chi connectivity index (χ1n) is 3.23. The molecule has 70 valence electrons. The number of hydrogen-bond acceptors (Lipinski definition) is 4. The summed E-state index contributed by atoms with van der Waals surface area (Å²) in [4.78, 5) is 21.0. The molecule has 1 amide bonds. The lowest BCUT2D eigenvalue weighted by molar-refractivity contribution is -0.143. The summed E-state index contributed by atoms with van der Waals surface area (Å²) in [6, 6.07) is -1.26. The molecule has 3 N–H and O–H groups in total. The molecule has 12 heavy (non-hydrogen) atoms. The van der Waals surface area contributed by atoms with Crippen molar-refractivity contribution in [2.75, 3.05) is 20.3 Å². The average molecular weight is 177 g/mol. The van der Waals surface area contributed by atoms with Crippen LogP contribution in [0.25, 0.3) is 0 Å². The molecule has 0 aromatic rings. The van der Waals surface area contributed by atoms with Crippen LogP contribution in [0.15, 0.2) is 0 Å². The van der Waals surface area contributed by atoms with Gasteiger partial charge in [-0.2, -0.15) is 0 Å². The highest BCUT2D eigenvalue weighted by molar-refractivity contribution is 5.84. The summed E-state index contributed by atoms with van der Waals surface area (Å²) in [6.07, 6.45) is 0. The molecule has 0 spiro atoms. The molecule has 0 radical (unpaired) electrons. The molecule has 6 nitrogen and oxygen atoms in total. The first-order chi connectivity index (χ1) is 5.61. The van der Waals surface area contributed by atoms with Crippen LogP contribution < -0.4 is 5.32 Å². The molecule has 0 rings (SSSR count). The van der Waals surface area contributed by atoms with Crippen molar-refractivity contribution in [1.29, 1.82) is 0 Å². The summed E-state index contributed by atoms with van der Waals surface area (Å²) in [5, 5.41) is 18.9. The molecule has 0 bridgehead atoms. The number of carboxylic acids is 1. The predicted molar refractivity (Wildman–Crippen MR) is 38.5 cm³/mol. The van der Waals surface area contributed by atoms with Gasteiger partial charge in [-0.25, -0.2) is 4.79 Å². The van der Waals surface area contributed by atoms with Gasteiger partial charge in [-0.3, -0.25) is 4.79 Å². The number of carbonyl (C=O) groups is 2. The first kappa shape index (κ1) is 10.9. The van der Waals surface area contributed by atoms with Crippen LogP contribution in [0.5, 0.6) is 0 Å². The zero-order valence-electron chi connectivity index (χ0n) is 6.61. The second-order valence-electron chi connectivity index (χ2n) is 2.07. The smallest absolute Gasteiger partial charge is 0.328 e. The third kappa shape index (κ3) is 3.89. The number of nitrogens with one attached hydrogen (secondary N) is 1. The maximum absolute atomic E-state index is 10.7. The predicted octanol–water partition coefficient (Wildman–Crippen LogP) is -1.81. The molecular weight excluding hydrogens is 166 g/mol. The Bertz CT molecular complexity index is 169. The monoisotopic (exact) mass is 177 g/mol. The van der Waals surface area contributed by atoms with Crippen LogP contribution in [0.1, 0.15) is 0 Å². The van der Waals surface area contributed by atoms with E-state index in [9.17, 15) is 9.59 Å². The maximum Gasteiger partial charge on any atom is 0.328 e. The Morgan fingerprint density at radius 2 is 2.17 bits per heavy atom. The SMILES string of the molecule is COCC(=O)N[C@H](CO)C(=O)O. The van der Waals surface area contributed by atoms with Gasteiger partial charge < -0.3 is 20.3 Å². The third-order valence-electron chi connectivity index (χ3n) is 1.09. The minimum absolute atomic E-state index is 0.218. The highest BCUT2D eigenvalue weighted by Crippen LogP contribution is 1.82. The number of methoxy groups -OCH3 is 1. The van der Waals surface area contributed by atoms with Gasteiger partial charge in [0.2, 0.25) is 5.91 Å². The van der Waals surface area contributed by atoms with Gasteiger partial charge in [-0.05, 0) is 0 Å². The number of hydrogen-bond donors (Lipinski definition) is 3. The van der Waals surface area contributed by atoms with E-state index in [4.69, 9.17) is 10.2 Å². The van der Waals surface area contributed by atoms with Crippen molar-refractivity contribution in [1.82, 2.24) is 5.32 Å². The summed E-state index contributed by atoms with van der Waals surface area (Å²) < 4.78 is 4.44. The van der Waals surface area contributed by atoms with E-state index in [1.165, 1.54) is 7.11 Å². The standard InChI is InChI=1S/C6H11NO5/c1-12-3-5(9)7-4(2-8)6(10)11/h4,8H,2-3H2,1H3,(H,7,9)(H,10,11)/t4-/m1/s1.